The van der Waals surface area contributed by atoms with Gasteiger partial charge in [-0.2, -0.15) is 0 Å². The van der Waals surface area contributed by atoms with Gasteiger partial charge in [-0.15, -0.1) is 11.3 Å². The Morgan fingerprint density at radius 1 is 1.28 bits per heavy atom. The molecule has 0 spiro atoms. The van der Waals surface area contributed by atoms with Crippen LogP contribution < -0.4 is 5.32 Å². The minimum Gasteiger partial charge on any atom is -0.380 e. The molecule has 1 atom stereocenters. The van der Waals surface area contributed by atoms with E-state index in [9.17, 15) is 0 Å². The first-order valence-corrected chi connectivity index (χ1v) is 6.91. The Kier molecular flexibility index (Phi) is 4.39. The lowest BCUT2D eigenvalue weighted by molar-refractivity contribution is 0.185. The second kappa shape index (κ2) is 6.03. The SMILES string of the molecule is COCc1cccc(NC(C)c2ccc(C)s2)c1. The maximum Gasteiger partial charge on any atom is 0.0713 e. The molecule has 1 N–H and O–H groups in total. The van der Waals surface area contributed by atoms with Crippen LogP contribution in [0.3, 0.4) is 0 Å². The van der Waals surface area contributed by atoms with Crippen molar-refractivity contribution < 1.29 is 4.74 Å². The summed E-state index contributed by atoms with van der Waals surface area (Å²) < 4.78 is 5.15. The van der Waals surface area contributed by atoms with Crippen LogP contribution in [0.1, 0.15) is 28.3 Å². The molecule has 0 amide bonds. The first-order chi connectivity index (χ1) is 8.69. The van der Waals surface area contributed by atoms with Crippen molar-refractivity contribution in [2.24, 2.45) is 0 Å². The average molecular weight is 261 g/mol. The van der Waals surface area contributed by atoms with E-state index in [2.05, 4.69) is 55.6 Å². The zero-order valence-corrected chi connectivity index (χ0v) is 11.9. The minimum atomic E-state index is 0.335. The highest BCUT2D eigenvalue weighted by Crippen LogP contribution is 2.26. The quantitative estimate of drug-likeness (QED) is 0.862. The molecule has 0 bridgehead atoms. The minimum absolute atomic E-state index is 0.335. The molecular formula is C15H19NOS. The molecule has 0 aliphatic carbocycles. The summed E-state index contributed by atoms with van der Waals surface area (Å²) in [6.07, 6.45) is 0. The maximum absolute atomic E-state index is 5.15. The number of hydrogen-bond donors (Lipinski definition) is 1. The monoisotopic (exact) mass is 261 g/mol. The third-order valence-electron chi connectivity index (χ3n) is 2.81. The van der Waals surface area contributed by atoms with Gasteiger partial charge in [0, 0.05) is 22.6 Å². The van der Waals surface area contributed by atoms with Crippen LogP contribution in [0, 0.1) is 6.92 Å². The first-order valence-electron chi connectivity index (χ1n) is 6.10. The Labute approximate surface area is 113 Å². The van der Waals surface area contributed by atoms with E-state index in [4.69, 9.17) is 4.74 Å². The Bertz CT molecular complexity index is 507. The van der Waals surface area contributed by atoms with Crippen LogP contribution in [0.4, 0.5) is 5.69 Å². The lowest BCUT2D eigenvalue weighted by Crippen LogP contribution is -2.05. The van der Waals surface area contributed by atoms with Crippen LogP contribution in [-0.4, -0.2) is 7.11 Å². The molecule has 2 nitrogen and oxygen atoms in total. The number of aryl methyl sites for hydroxylation is 1. The van der Waals surface area contributed by atoms with Crippen LogP contribution in [0.25, 0.3) is 0 Å². The second-order valence-corrected chi connectivity index (χ2v) is 5.77. The highest BCUT2D eigenvalue weighted by molar-refractivity contribution is 7.12. The smallest absolute Gasteiger partial charge is 0.0713 e. The van der Waals surface area contributed by atoms with Gasteiger partial charge in [-0.1, -0.05) is 12.1 Å². The Balaban J connectivity index is 2.06. The van der Waals surface area contributed by atoms with E-state index in [-0.39, 0.29) is 0 Å². The predicted molar refractivity (Wildman–Crippen MR) is 78.2 cm³/mol. The van der Waals surface area contributed by atoms with E-state index in [1.54, 1.807) is 7.11 Å². The molecule has 0 aliphatic rings. The Hall–Kier alpha value is -1.32. The van der Waals surface area contributed by atoms with Crippen molar-refractivity contribution in [3.05, 3.63) is 51.7 Å². The van der Waals surface area contributed by atoms with Gasteiger partial charge in [0.05, 0.1) is 12.6 Å². The number of nitrogens with one attached hydrogen (secondary N) is 1. The van der Waals surface area contributed by atoms with Crippen LogP contribution in [-0.2, 0) is 11.3 Å². The van der Waals surface area contributed by atoms with Gasteiger partial charge >= 0.3 is 0 Å². The van der Waals surface area contributed by atoms with Crippen molar-refractivity contribution in [2.75, 3.05) is 12.4 Å². The molecule has 2 rings (SSSR count). The average Bonchev–Trinajstić information content (AvgIpc) is 2.77. The molecule has 1 heterocycles. The summed E-state index contributed by atoms with van der Waals surface area (Å²) in [5, 5.41) is 3.53. The molecule has 1 aromatic heterocycles. The zero-order valence-electron chi connectivity index (χ0n) is 11.1. The van der Waals surface area contributed by atoms with E-state index in [0.29, 0.717) is 12.6 Å². The predicted octanol–water partition coefficient (Wildman–Crippen LogP) is 4.38. The van der Waals surface area contributed by atoms with E-state index in [1.807, 2.05) is 11.3 Å². The van der Waals surface area contributed by atoms with Gasteiger partial charge in [-0.25, -0.2) is 0 Å². The molecule has 18 heavy (non-hydrogen) atoms. The molecule has 3 heteroatoms. The van der Waals surface area contributed by atoms with Crippen LogP contribution in [0.2, 0.25) is 0 Å². The fourth-order valence-corrected chi connectivity index (χ4v) is 2.80. The largest absolute Gasteiger partial charge is 0.380 e. The van der Waals surface area contributed by atoms with Crippen LogP contribution >= 0.6 is 11.3 Å². The highest BCUT2D eigenvalue weighted by Gasteiger charge is 2.07. The lowest BCUT2D eigenvalue weighted by Gasteiger charge is -2.14. The number of rotatable bonds is 5. The fraction of sp³-hybridized carbons (Fsp3) is 0.333. The van der Waals surface area contributed by atoms with Crippen molar-refractivity contribution in [1.82, 2.24) is 0 Å². The fourth-order valence-electron chi connectivity index (χ4n) is 1.92. The topological polar surface area (TPSA) is 21.3 Å². The molecule has 0 aliphatic heterocycles. The van der Waals surface area contributed by atoms with Crippen molar-refractivity contribution >= 4 is 17.0 Å². The second-order valence-electron chi connectivity index (χ2n) is 4.45. The number of thiophene rings is 1. The van der Waals surface area contributed by atoms with Gasteiger partial charge in [-0.05, 0) is 43.7 Å². The highest BCUT2D eigenvalue weighted by atomic mass is 32.1. The zero-order chi connectivity index (χ0) is 13.0. The van der Waals surface area contributed by atoms with Gasteiger partial charge < -0.3 is 10.1 Å². The van der Waals surface area contributed by atoms with Crippen molar-refractivity contribution in [3.8, 4) is 0 Å². The third-order valence-corrected chi connectivity index (χ3v) is 3.99. The molecule has 0 saturated carbocycles. The van der Waals surface area contributed by atoms with Crippen molar-refractivity contribution in [2.45, 2.75) is 26.5 Å². The first kappa shape index (κ1) is 13.1. The summed E-state index contributed by atoms with van der Waals surface area (Å²) in [6, 6.07) is 13.1. The van der Waals surface area contributed by atoms with E-state index in [1.165, 1.54) is 15.3 Å². The van der Waals surface area contributed by atoms with Crippen molar-refractivity contribution in [3.63, 3.8) is 0 Å². The molecule has 0 saturated heterocycles. The van der Waals surface area contributed by atoms with Crippen LogP contribution in [0.15, 0.2) is 36.4 Å². The van der Waals surface area contributed by atoms with Gasteiger partial charge in [-0.3, -0.25) is 0 Å². The summed E-state index contributed by atoms with van der Waals surface area (Å²) in [5.41, 5.74) is 2.33. The van der Waals surface area contributed by atoms with E-state index < -0.39 is 0 Å². The van der Waals surface area contributed by atoms with Crippen molar-refractivity contribution in [1.29, 1.82) is 0 Å². The Morgan fingerprint density at radius 3 is 2.78 bits per heavy atom. The molecule has 0 fully saturated rings. The molecule has 1 unspecified atom stereocenters. The number of benzene rings is 1. The lowest BCUT2D eigenvalue weighted by atomic mass is 10.2. The number of hydrogen-bond acceptors (Lipinski definition) is 3. The molecule has 1 aromatic carbocycles. The molecule has 0 radical (unpaired) electrons. The maximum atomic E-state index is 5.15. The van der Waals surface area contributed by atoms with Gasteiger partial charge in [0.25, 0.3) is 0 Å². The number of ether oxygens (including phenoxy) is 1. The number of anilines is 1. The molecule has 2 aromatic rings. The summed E-state index contributed by atoms with van der Waals surface area (Å²) >= 11 is 1.84. The number of methoxy groups -OCH3 is 1. The summed E-state index contributed by atoms with van der Waals surface area (Å²) in [5.74, 6) is 0. The van der Waals surface area contributed by atoms with Gasteiger partial charge in [0.2, 0.25) is 0 Å². The third kappa shape index (κ3) is 3.34. The summed E-state index contributed by atoms with van der Waals surface area (Å²) in [4.78, 5) is 2.72. The van der Waals surface area contributed by atoms with Crippen LogP contribution in [0.5, 0.6) is 0 Å². The van der Waals surface area contributed by atoms with E-state index >= 15 is 0 Å². The summed E-state index contributed by atoms with van der Waals surface area (Å²) in [7, 11) is 1.72. The Morgan fingerprint density at radius 2 is 2.11 bits per heavy atom. The molecular weight excluding hydrogens is 242 g/mol. The summed E-state index contributed by atoms with van der Waals surface area (Å²) in [6.45, 7) is 4.98. The van der Waals surface area contributed by atoms with E-state index in [0.717, 1.165) is 5.69 Å². The van der Waals surface area contributed by atoms with Gasteiger partial charge in [0.15, 0.2) is 0 Å². The normalized spacial score (nSPS) is 12.4. The van der Waals surface area contributed by atoms with Gasteiger partial charge in [0.1, 0.15) is 0 Å². The molecule has 96 valence electrons. The standard InChI is InChI=1S/C15H19NOS/c1-11-7-8-15(18-11)12(2)16-14-6-4-5-13(9-14)10-17-3/h4-9,12,16H,10H2,1-3H3.